The molecular weight excluding hydrogens is 693 g/mol. The van der Waals surface area contributed by atoms with E-state index in [1.165, 1.54) is 5.71 Å². The Morgan fingerprint density at radius 3 is 1.61 bits per heavy atom. The Morgan fingerprint density at radius 1 is 0.554 bits per heavy atom. The zero-order valence-electron chi connectivity index (χ0n) is 37.1. The first-order chi connectivity index (χ1) is 26.2. The zero-order chi connectivity index (χ0) is 43.1. The van der Waals surface area contributed by atoms with Crippen LogP contribution in [-0.4, -0.2) is 30.6 Å². The minimum atomic E-state index is 0.439. The number of amidine groups is 2. The monoisotopic (exact) mass is 771 g/mol. The van der Waals surface area contributed by atoms with Gasteiger partial charge in [-0.25, -0.2) is 4.99 Å². The molecule has 0 aromatic heterocycles. The van der Waals surface area contributed by atoms with Gasteiger partial charge in [-0.05, 0) is 42.2 Å². The van der Waals surface area contributed by atoms with E-state index >= 15 is 0 Å². The van der Waals surface area contributed by atoms with Crippen LogP contribution in [0.5, 0.6) is 0 Å². The van der Waals surface area contributed by atoms with E-state index in [-0.39, 0.29) is 0 Å². The first-order valence-electron chi connectivity index (χ1n) is 19.7. The molecule has 5 rings (SSSR count). The van der Waals surface area contributed by atoms with Crippen molar-refractivity contribution in [3.05, 3.63) is 135 Å². The largest absolute Gasteiger partial charge is 0.374 e. The van der Waals surface area contributed by atoms with Gasteiger partial charge >= 0.3 is 0 Å². The van der Waals surface area contributed by atoms with Crippen molar-refractivity contribution in [2.45, 2.75) is 95.9 Å². The van der Waals surface area contributed by atoms with Crippen LogP contribution in [0.2, 0.25) is 0 Å². The molecule has 0 aliphatic carbocycles. The van der Waals surface area contributed by atoms with Crippen molar-refractivity contribution < 1.29 is 0 Å². The van der Waals surface area contributed by atoms with Gasteiger partial charge in [0.2, 0.25) is 0 Å². The second-order valence-electron chi connectivity index (χ2n) is 15.4. The molecule has 10 heteroatoms. The van der Waals surface area contributed by atoms with Gasteiger partial charge in [-0.2, -0.15) is 0 Å². The summed E-state index contributed by atoms with van der Waals surface area (Å²) in [6, 6.07) is 0. The minimum absolute atomic E-state index is 0.439. The molecule has 0 atom stereocenters. The highest BCUT2D eigenvalue weighted by Gasteiger charge is 2.08. The molecule has 56 heavy (non-hydrogen) atoms. The number of aliphatic imine (C=N–C) groups is 3. The maximum atomic E-state index is 4.33. The molecule has 5 aliphatic heterocycles. The average Bonchev–Trinajstić information content (AvgIpc) is 3.57. The van der Waals surface area contributed by atoms with Crippen LogP contribution in [0.15, 0.2) is 150 Å². The van der Waals surface area contributed by atoms with Crippen molar-refractivity contribution in [2.75, 3.05) is 13.2 Å². The third kappa shape index (κ3) is 33.3. The lowest BCUT2D eigenvalue weighted by molar-refractivity contribution is 0.725. The molecule has 7 N–H and O–H groups in total. The summed E-state index contributed by atoms with van der Waals surface area (Å²) in [4.78, 5) is 12.9. The maximum absolute atomic E-state index is 4.33. The smallest absolute Gasteiger partial charge is 0.108 e. The Labute approximate surface area is 342 Å². The van der Waals surface area contributed by atoms with Crippen LogP contribution < -0.4 is 37.2 Å². The zero-order valence-corrected chi connectivity index (χ0v) is 37.1. The highest BCUT2D eigenvalue weighted by Crippen LogP contribution is 2.09. The fraction of sp³-hybridized carbons (Fsp3) is 0.457. The maximum Gasteiger partial charge on any atom is 0.108 e. The SMILES string of the molecule is C=C1C=CCN=C(C(C)C)N1.C=C1C=CNC(=C)N1.C=C1C=CNCN1.C=C1CC(C(C)C)=NC=CN1.C=C1CC=CN=C(C(C)C)N1.CC(C)C.CC(C)C. The van der Waals surface area contributed by atoms with Gasteiger partial charge in [0.05, 0.1) is 19.0 Å². The number of hydrogen-bond donors (Lipinski definition) is 7. The second-order valence-corrected chi connectivity index (χ2v) is 15.4. The Bertz CT molecular complexity index is 1410. The Balaban J connectivity index is 0. The summed E-state index contributed by atoms with van der Waals surface area (Å²) in [7, 11) is 0. The molecule has 10 nitrogen and oxygen atoms in total. The lowest BCUT2D eigenvalue weighted by atomic mass is 10.0. The van der Waals surface area contributed by atoms with Gasteiger partial charge in [0, 0.05) is 83.7 Å². The molecule has 0 aromatic carbocycles. The topological polar surface area (TPSA) is 121 Å². The standard InChI is InChI=1S/3C9H14N2.C6H8N2.C5H8N2.2C4H10/c1-7(2)9-6-8(3)10-4-5-11-9;2*1-7(2)9-10-6-4-5-8(3)11-9;1-5-3-4-7-6(2)8-5;1-5-2-3-6-4-7-5;2*1-4(2)3/h4-5,7,10H,3,6H2,1-2H3;4,6-7H,3,5H2,1-2H3,(H,10,11);4-5,7H,3,6H2,1-2H3,(H,10,11);3-4,7-8H,1-2H2;2-3,6-7H,1,4H2;2*4H,1-3H3. The van der Waals surface area contributed by atoms with Crippen molar-refractivity contribution in [1.29, 1.82) is 0 Å². The molecule has 312 valence electrons. The Hall–Kier alpha value is -5.25. The van der Waals surface area contributed by atoms with E-state index in [0.717, 1.165) is 83.9 Å². The molecule has 0 amide bonds. The number of nitrogens with one attached hydrogen (secondary N) is 7. The summed E-state index contributed by atoms with van der Waals surface area (Å²) in [5.74, 6) is 5.87. The van der Waals surface area contributed by atoms with E-state index in [1.54, 1.807) is 12.4 Å². The normalized spacial score (nSPS) is 16.5. The van der Waals surface area contributed by atoms with Crippen molar-refractivity contribution in [3.8, 4) is 0 Å². The van der Waals surface area contributed by atoms with Crippen molar-refractivity contribution >= 4 is 17.4 Å². The molecule has 0 radical (unpaired) electrons. The molecular formula is C46H78N10. The predicted molar refractivity (Wildman–Crippen MR) is 249 cm³/mol. The van der Waals surface area contributed by atoms with Crippen molar-refractivity contribution in [2.24, 2.45) is 44.6 Å². The van der Waals surface area contributed by atoms with Crippen molar-refractivity contribution in [3.63, 3.8) is 0 Å². The van der Waals surface area contributed by atoms with Gasteiger partial charge in [-0.3, -0.25) is 9.98 Å². The van der Waals surface area contributed by atoms with Gasteiger partial charge in [0.15, 0.2) is 0 Å². The third-order valence-corrected chi connectivity index (χ3v) is 6.39. The molecule has 0 unspecified atom stereocenters. The quantitative estimate of drug-likeness (QED) is 0.153. The summed E-state index contributed by atoms with van der Waals surface area (Å²) < 4.78 is 0. The third-order valence-electron chi connectivity index (χ3n) is 6.39. The Morgan fingerprint density at radius 2 is 1.14 bits per heavy atom. The van der Waals surface area contributed by atoms with Gasteiger partial charge in [0.1, 0.15) is 11.7 Å². The van der Waals surface area contributed by atoms with E-state index in [0.29, 0.717) is 17.8 Å². The second kappa shape index (κ2) is 32.0. The Kier molecular flexibility index (Phi) is 30.2. The van der Waals surface area contributed by atoms with Crippen LogP contribution in [0.1, 0.15) is 95.9 Å². The van der Waals surface area contributed by atoms with Gasteiger partial charge in [0.25, 0.3) is 0 Å². The highest BCUT2D eigenvalue weighted by atomic mass is 15.1. The predicted octanol–water partition coefficient (Wildman–Crippen LogP) is 10.0. The highest BCUT2D eigenvalue weighted by molar-refractivity contribution is 5.89. The van der Waals surface area contributed by atoms with Gasteiger partial charge in [-0.15, -0.1) is 0 Å². The number of allylic oxidation sites excluding steroid dienone is 5. The molecule has 0 spiro atoms. The van der Waals surface area contributed by atoms with Crippen LogP contribution in [0.3, 0.4) is 0 Å². The van der Waals surface area contributed by atoms with E-state index in [9.17, 15) is 0 Å². The first-order valence-corrected chi connectivity index (χ1v) is 19.7. The van der Waals surface area contributed by atoms with E-state index in [2.05, 4.69) is 175 Å². The molecule has 0 saturated carbocycles. The van der Waals surface area contributed by atoms with Crippen LogP contribution in [0.25, 0.3) is 0 Å². The van der Waals surface area contributed by atoms with E-state index < -0.39 is 0 Å². The van der Waals surface area contributed by atoms with E-state index in [4.69, 9.17) is 0 Å². The number of hydrogen-bond acceptors (Lipinski definition) is 10. The summed E-state index contributed by atoms with van der Waals surface area (Å²) in [5.41, 5.74) is 6.00. The molecule has 0 bridgehead atoms. The average molecular weight is 771 g/mol. The minimum Gasteiger partial charge on any atom is -0.374 e. The summed E-state index contributed by atoms with van der Waals surface area (Å²) in [6.45, 7) is 49.8. The first kappa shape index (κ1) is 52.9. The molecule has 5 heterocycles. The van der Waals surface area contributed by atoms with Crippen LogP contribution >= 0.6 is 0 Å². The van der Waals surface area contributed by atoms with E-state index in [1.807, 2.05) is 49.0 Å². The number of rotatable bonds is 3. The van der Waals surface area contributed by atoms with Gasteiger partial charge < -0.3 is 37.2 Å². The lowest BCUT2D eigenvalue weighted by Gasteiger charge is -2.12. The van der Waals surface area contributed by atoms with Crippen LogP contribution in [-0.2, 0) is 0 Å². The number of nitrogens with zero attached hydrogens (tertiary/aromatic N) is 3. The fourth-order valence-electron chi connectivity index (χ4n) is 3.72. The van der Waals surface area contributed by atoms with Gasteiger partial charge in [-0.1, -0.05) is 135 Å². The van der Waals surface area contributed by atoms with Crippen LogP contribution in [0.4, 0.5) is 0 Å². The molecule has 0 saturated heterocycles. The molecule has 0 fully saturated rings. The van der Waals surface area contributed by atoms with Crippen molar-refractivity contribution in [1.82, 2.24) is 37.2 Å². The summed E-state index contributed by atoms with van der Waals surface area (Å²) in [5, 5.41) is 21.1. The fourth-order valence-corrected chi connectivity index (χ4v) is 3.72. The summed E-state index contributed by atoms with van der Waals surface area (Å²) >= 11 is 0. The molecule has 0 aromatic rings. The lowest BCUT2D eigenvalue weighted by Crippen LogP contribution is -2.27. The molecule has 5 aliphatic rings. The summed E-state index contributed by atoms with van der Waals surface area (Å²) in [6.07, 6.45) is 20.5. The van der Waals surface area contributed by atoms with Crippen LogP contribution in [0, 0.1) is 29.6 Å².